The lowest BCUT2D eigenvalue weighted by Gasteiger charge is -2.08. The quantitative estimate of drug-likeness (QED) is 0.751. The number of ketones is 1. The lowest BCUT2D eigenvalue weighted by molar-refractivity contribution is 0.0986. The minimum Gasteiger partial charge on any atom is -0.293 e. The van der Waals surface area contributed by atoms with Gasteiger partial charge >= 0.3 is 0 Å². The standard InChI is InChI=1S/C15H16OS2/c16-13(6-5-11-7-8-17-10-11)15-9-12-3-1-2-4-14(12)18-15/h7-10H,1-6H2. The van der Waals surface area contributed by atoms with Crippen molar-refractivity contribution in [1.82, 2.24) is 0 Å². The lowest BCUT2D eigenvalue weighted by Crippen LogP contribution is -1.98. The van der Waals surface area contributed by atoms with Gasteiger partial charge in [-0.15, -0.1) is 11.3 Å². The third-order valence-electron chi connectivity index (χ3n) is 3.49. The molecule has 0 radical (unpaired) electrons. The molecule has 3 rings (SSSR count). The van der Waals surface area contributed by atoms with Gasteiger partial charge in [0.2, 0.25) is 0 Å². The summed E-state index contributed by atoms with van der Waals surface area (Å²) in [5.41, 5.74) is 2.72. The lowest BCUT2D eigenvalue weighted by atomic mass is 9.99. The van der Waals surface area contributed by atoms with E-state index < -0.39 is 0 Å². The molecule has 0 aliphatic heterocycles. The molecule has 0 unspecified atom stereocenters. The molecule has 1 aliphatic rings. The van der Waals surface area contributed by atoms with Gasteiger partial charge in [-0.1, -0.05) is 0 Å². The summed E-state index contributed by atoms with van der Waals surface area (Å²) in [6.07, 6.45) is 6.45. The van der Waals surface area contributed by atoms with Crippen LogP contribution in [-0.2, 0) is 19.3 Å². The summed E-state index contributed by atoms with van der Waals surface area (Å²) in [5, 5.41) is 4.20. The van der Waals surface area contributed by atoms with Crippen LogP contribution in [0.4, 0.5) is 0 Å². The van der Waals surface area contributed by atoms with Crippen LogP contribution in [0.3, 0.4) is 0 Å². The SMILES string of the molecule is O=C(CCc1ccsc1)c1cc2c(s1)CCCC2. The average molecular weight is 276 g/mol. The van der Waals surface area contributed by atoms with Gasteiger partial charge in [-0.05, 0) is 66.1 Å². The number of hydrogen-bond donors (Lipinski definition) is 0. The van der Waals surface area contributed by atoms with E-state index >= 15 is 0 Å². The van der Waals surface area contributed by atoms with Crippen LogP contribution in [0.5, 0.6) is 0 Å². The van der Waals surface area contributed by atoms with Crippen molar-refractivity contribution < 1.29 is 4.79 Å². The number of thiophene rings is 2. The highest BCUT2D eigenvalue weighted by atomic mass is 32.1. The second-order valence-corrected chi connectivity index (χ2v) is 6.74. The highest BCUT2D eigenvalue weighted by molar-refractivity contribution is 7.14. The van der Waals surface area contributed by atoms with Crippen LogP contribution in [0.25, 0.3) is 0 Å². The molecule has 2 heterocycles. The van der Waals surface area contributed by atoms with E-state index in [9.17, 15) is 4.79 Å². The Hall–Kier alpha value is -0.930. The summed E-state index contributed by atoms with van der Waals surface area (Å²) in [6, 6.07) is 4.26. The van der Waals surface area contributed by atoms with Crippen molar-refractivity contribution in [2.24, 2.45) is 0 Å². The van der Waals surface area contributed by atoms with Gasteiger partial charge in [0.05, 0.1) is 4.88 Å². The van der Waals surface area contributed by atoms with Crippen LogP contribution < -0.4 is 0 Å². The predicted molar refractivity (Wildman–Crippen MR) is 77.9 cm³/mol. The number of hydrogen-bond acceptors (Lipinski definition) is 3. The second kappa shape index (κ2) is 5.37. The number of Topliss-reactive ketones (excluding diaryl/α,β-unsaturated/α-hetero) is 1. The Kier molecular flexibility index (Phi) is 3.62. The van der Waals surface area contributed by atoms with Gasteiger partial charge in [-0.2, -0.15) is 11.3 Å². The Balaban J connectivity index is 1.67. The van der Waals surface area contributed by atoms with Crippen molar-refractivity contribution in [2.45, 2.75) is 38.5 Å². The molecular weight excluding hydrogens is 260 g/mol. The Morgan fingerprint density at radius 1 is 1.28 bits per heavy atom. The zero-order valence-electron chi connectivity index (χ0n) is 10.3. The molecule has 1 nitrogen and oxygen atoms in total. The molecular formula is C15H16OS2. The van der Waals surface area contributed by atoms with Crippen LogP contribution in [0.15, 0.2) is 22.9 Å². The number of fused-ring (bicyclic) bond motifs is 1. The van der Waals surface area contributed by atoms with E-state index in [0.717, 1.165) is 11.3 Å². The van der Waals surface area contributed by atoms with E-state index in [1.54, 1.807) is 22.7 Å². The van der Waals surface area contributed by atoms with Gasteiger partial charge in [0.1, 0.15) is 0 Å². The number of carbonyl (C=O) groups is 1. The number of aryl methyl sites for hydroxylation is 3. The fraction of sp³-hybridized carbons (Fsp3) is 0.400. The van der Waals surface area contributed by atoms with E-state index in [1.165, 1.54) is 41.7 Å². The van der Waals surface area contributed by atoms with E-state index in [2.05, 4.69) is 22.9 Å². The van der Waals surface area contributed by atoms with Crippen LogP contribution in [-0.4, -0.2) is 5.78 Å². The highest BCUT2D eigenvalue weighted by Gasteiger charge is 2.16. The van der Waals surface area contributed by atoms with Crippen molar-refractivity contribution in [2.75, 3.05) is 0 Å². The van der Waals surface area contributed by atoms with E-state index in [1.807, 2.05) is 0 Å². The zero-order valence-corrected chi connectivity index (χ0v) is 11.9. The molecule has 3 heteroatoms. The largest absolute Gasteiger partial charge is 0.293 e. The first-order chi connectivity index (χ1) is 8.83. The molecule has 1 aliphatic carbocycles. The summed E-state index contributed by atoms with van der Waals surface area (Å²) < 4.78 is 0. The minimum atomic E-state index is 0.320. The maximum Gasteiger partial charge on any atom is 0.173 e. The van der Waals surface area contributed by atoms with Crippen molar-refractivity contribution in [1.29, 1.82) is 0 Å². The van der Waals surface area contributed by atoms with Gasteiger partial charge < -0.3 is 0 Å². The van der Waals surface area contributed by atoms with Crippen LogP contribution in [0.1, 0.15) is 44.9 Å². The van der Waals surface area contributed by atoms with Crippen LogP contribution in [0.2, 0.25) is 0 Å². The van der Waals surface area contributed by atoms with Gasteiger partial charge in [0.15, 0.2) is 5.78 Å². The molecule has 0 aromatic carbocycles. The monoisotopic (exact) mass is 276 g/mol. The Morgan fingerprint density at radius 3 is 2.94 bits per heavy atom. The van der Waals surface area contributed by atoms with E-state index in [4.69, 9.17) is 0 Å². The second-order valence-electron chi connectivity index (χ2n) is 4.82. The maximum absolute atomic E-state index is 12.2. The summed E-state index contributed by atoms with van der Waals surface area (Å²) in [5.74, 6) is 0.320. The zero-order chi connectivity index (χ0) is 12.4. The molecule has 94 valence electrons. The van der Waals surface area contributed by atoms with E-state index in [0.29, 0.717) is 12.2 Å². The molecule has 0 atom stereocenters. The van der Waals surface area contributed by atoms with Gasteiger partial charge in [0, 0.05) is 11.3 Å². The van der Waals surface area contributed by atoms with Gasteiger partial charge in [-0.25, -0.2) is 0 Å². The molecule has 0 bridgehead atoms. The molecule has 2 aromatic rings. The molecule has 0 fully saturated rings. The van der Waals surface area contributed by atoms with Crippen molar-refractivity contribution in [3.8, 4) is 0 Å². The van der Waals surface area contributed by atoms with Gasteiger partial charge in [0.25, 0.3) is 0 Å². The van der Waals surface area contributed by atoms with Crippen molar-refractivity contribution in [3.05, 3.63) is 43.8 Å². The van der Waals surface area contributed by atoms with Crippen LogP contribution in [0, 0.1) is 0 Å². The Labute approximate surface area is 115 Å². The highest BCUT2D eigenvalue weighted by Crippen LogP contribution is 2.30. The van der Waals surface area contributed by atoms with Gasteiger partial charge in [-0.3, -0.25) is 4.79 Å². The predicted octanol–water partition coefficient (Wildman–Crippen LogP) is 4.50. The topological polar surface area (TPSA) is 17.1 Å². The molecule has 0 N–H and O–H groups in total. The summed E-state index contributed by atoms with van der Waals surface area (Å²) >= 11 is 3.43. The number of rotatable bonds is 4. The van der Waals surface area contributed by atoms with E-state index in [-0.39, 0.29) is 0 Å². The molecule has 0 saturated carbocycles. The first-order valence-electron chi connectivity index (χ1n) is 6.49. The fourth-order valence-corrected chi connectivity index (χ4v) is 4.37. The summed E-state index contributed by atoms with van der Waals surface area (Å²) in [4.78, 5) is 14.6. The third kappa shape index (κ3) is 2.57. The molecule has 0 saturated heterocycles. The Morgan fingerprint density at radius 2 is 2.17 bits per heavy atom. The fourth-order valence-electron chi connectivity index (χ4n) is 2.44. The summed E-state index contributed by atoms with van der Waals surface area (Å²) in [7, 11) is 0. The molecule has 18 heavy (non-hydrogen) atoms. The molecule has 0 amide bonds. The number of carbonyl (C=O) groups excluding carboxylic acids is 1. The van der Waals surface area contributed by atoms with Crippen molar-refractivity contribution in [3.63, 3.8) is 0 Å². The third-order valence-corrected chi connectivity index (χ3v) is 5.50. The maximum atomic E-state index is 12.2. The average Bonchev–Trinajstić information content (AvgIpc) is 3.04. The summed E-state index contributed by atoms with van der Waals surface area (Å²) in [6.45, 7) is 0. The van der Waals surface area contributed by atoms with Crippen LogP contribution >= 0.6 is 22.7 Å². The minimum absolute atomic E-state index is 0.320. The molecule has 0 spiro atoms. The van der Waals surface area contributed by atoms with Crippen molar-refractivity contribution >= 4 is 28.5 Å². The first kappa shape index (κ1) is 12.1. The Bertz CT molecular complexity index is 513. The molecule has 2 aromatic heterocycles. The first-order valence-corrected chi connectivity index (χ1v) is 8.25. The smallest absolute Gasteiger partial charge is 0.173 e. The normalized spacial score (nSPS) is 14.4.